The lowest BCUT2D eigenvalue weighted by atomic mass is 9.96. The second kappa shape index (κ2) is 5.57. The van der Waals surface area contributed by atoms with Gasteiger partial charge in [-0.05, 0) is 38.1 Å². The van der Waals surface area contributed by atoms with Crippen LogP contribution in [0.15, 0.2) is 29.1 Å². The van der Waals surface area contributed by atoms with Crippen LogP contribution in [0.2, 0.25) is 0 Å². The Labute approximate surface area is 122 Å². The third-order valence-electron chi connectivity index (χ3n) is 3.18. The fourth-order valence-electron chi connectivity index (χ4n) is 2.03. The lowest BCUT2D eigenvalue weighted by Gasteiger charge is -2.18. The fourth-order valence-corrected chi connectivity index (χ4v) is 2.03. The van der Waals surface area contributed by atoms with E-state index in [-0.39, 0.29) is 5.56 Å². The molecule has 0 saturated carbocycles. The number of methoxy groups -OCH3 is 2. The minimum absolute atomic E-state index is 0.285. The molecule has 2 rings (SSSR count). The molecule has 0 saturated heterocycles. The Morgan fingerprint density at radius 1 is 1.14 bits per heavy atom. The quantitative estimate of drug-likeness (QED) is 0.893. The number of aromatic amines is 1. The molecule has 0 aliphatic carbocycles. The molecule has 2 aromatic rings. The van der Waals surface area contributed by atoms with Crippen LogP contribution >= 0.6 is 0 Å². The zero-order chi connectivity index (χ0) is 15.6. The lowest BCUT2D eigenvalue weighted by Crippen LogP contribution is -2.35. The number of benzene rings is 1. The zero-order valence-electron chi connectivity index (χ0n) is 12.6. The highest BCUT2D eigenvalue weighted by Gasteiger charge is 2.20. The summed E-state index contributed by atoms with van der Waals surface area (Å²) in [5.74, 6) is 1.22. The van der Waals surface area contributed by atoms with E-state index in [0.717, 1.165) is 5.56 Å². The first-order chi connectivity index (χ1) is 9.86. The predicted molar refractivity (Wildman–Crippen MR) is 80.6 cm³/mol. The molecule has 1 heterocycles. The third kappa shape index (κ3) is 3.05. The molecule has 1 aromatic carbocycles. The van der Waals surface area contributed by atoms with Gasteiger partial charge in [0.25, 0.3) is 5.56 Å². The van der Waals surface area contributed by atoms with Crippen molar-refractivity contribution in [2.45, 2.75) is 19.4 Å². The minimum Gasteiger partial charge on any atom is -0.493 e. The highest BCUT2D eigenvalue weighted by molar-refractivity contribution is 5.64. The van der Waals surface area contributed by atoms with Crippen molar-refractivity contribution in [3.8, 4) is 22.8 Å². The summed E-state index contributed by atoms with van der Waals surface area (Å²) >= 11 is 0. The molecular formula is C15H19N3O3. The molecule has 3 N–H and O–H groups in total. The van der Waals surface area contributed by atoms with Gasteiger partial charge in [0, 0.05) is 16.7 Å². The van der Waals surface area contributed by atoms with Crippen LogP contribution in [0.3, 0.4) is 0 Å². The molecule has 112 valence electrons. The van der Waals surface area contributed by atoms with E-state index in [0.29, 0.717) is 22.8 Å². The molecule has 0 radical (unpaired) electrons. The van der Waals surface area contributed by atoms with Gasteiger partial charge in [-0.15, -0.1) is 0 Å². The third-order valence-corrected chi connectivity index (χ3v) is 3.18. The van der Waals surface area contributed by atoms with Gasteiger partial charge in [-0.1, -0.05) is 0 Å². The van der Waals surface area contributed by atoms with Crippen LogP contribution in [-0.2, 0) is 5.54 Å². The van der Waals surface area contributed by atoms with Gasteiger partial charge in [0.15, 0.2) is 11.5 Å². The number of H-pyrrole nitrogens is 1. The van der Waals surface area contributed by atoms with E-state index in [1.165, 1.54) is 0 Å². The van der Waals surface area contributed by atoms with Crippen LogP contribution < -0.4 is 20.8 Å². The Bertz CT molecular complexity index is 702. The summed E-state index contributed by atoms with van der Waals surface area (Å²) < 4.78 is 10.5. The SMILES string of the molecule is COc1ccc(-c2cc(C(C)(C)N)c(=O)[nH]n2)cc1OC. The first kappa shape index (κ1) is 15.1. The van der Waals surface area contributed by atoms with E-state index in [1.807, 2.05) is 6.07 Å². The number of hydrogen-bond donors (Lipinski definition) is 2. The van der Waals surface area contributed by atoms with Crippen molar-refractivity contribution >= 4 is 0 Å². The number of rotatable bonds is 4. The Hall–Kier alpha value is -2.34. The van der Waals surface area contributed by atoms with Crippen molar-refractivity contribution < 1.29 is 9.47 Å². The highest BCUT2D eigenvalue weighted by atomic mass is 16.5. The average Bonchev–Trinajstić information content (AvgIpc) is 2.45. The normalized spacial score (nSPS) is 11.3. The molecule has 6 heteroatoms. The number of nitrogens with zero attached hydrogens (tertiary/aromatic N) is 1. The Morgan fingerprint density at radius 3 is 2.38 bits per heavy atom. The maximum absolute atomic E-state index is 11.8. The molecule has 0 aliphatic rings. The molecule has 0 atom stereocenters. The smallest absolute Gasteiger partial charge is 0.269 e. The molecule has 0 aliphatic heterocycles. The van der Waals surface area contributed by atoms with Crippen molar-refractivity contribution in [3.63, 3.8) is 0 Å². The van der Waals surface area contributed by atoms with Gasteiger partial charge in [0.2, 0.25) is 0 Å². The number of nitrogens with one attached hydrogen (secondary N) is 1. The van der Waals surface area contributed by atoms with Gasteiger partial charge in [0.1, 0.15) is 0 Å². The van der Waals surface area contributed by atoms with Crippen LogP contribution in [0, 0.1) is 0 Å². The summed E-state index contributed by atoms with van der Waals surface area (Å²) in [6.07, 6.45) is 0. The topological polar surface area (TPSA) is 90.2 Å². The van der Waals surface area contributed by atoms with Crippen molar-refractivity contribution in [2.75, 3.05) is 14.2 Å². The highest BCUT2D eigenvalue weighted by Crippen LogP contribution is 2.31. The van der Waals surface area contributed by atoms with Gasteiger partial charge in [-0.25, -0.2) is 5.10 Å². The maximum atomic E-state index is 11.8. The number of aromatic nitrogens is 2. The fraction of sp³-hybridized carbons (Fsp3) is 0.333. The van der Waals surface area contributed by atoms with E-state index < -0.39 is 5.54 Å². The molecule has 0 spiro atoms. The molecule has 0 amide bonds. The van der Waals surface area contributed by atoms with Gasteiger partial charge in [0.05, 0.1) is 19.9 Å². The second-order valence-electron chi connectivity index (χ2n) is 5.29. The first-order valence-electron chi connectivity index (χ1n) is 6.48. The lowest BCUT2D eigenvalue weighted by molar-refractivity contribution is 0.355. The summed E-state index contributed by atoms with van der Waals surface area (Å²) in [5.41, 5.74) is 6.87. The van der Waals surface area contributed by atoms with Crippen LogP contribution in [0.5, 0.6) is 11.5 Å². The molecular weight excluding hydrogens is 270 g/mol. The molecule has 21 heavy (non-hydrogen) atoms. The zero-order valence-corrected chi connectivity index (χ0v) is 12.6. The van der Waals surface area contributed by atoms with Gasteiger partial charge >= 0.3 is 0 Å². The molecule has 0 fully saturated rings. The molecule has 6 nitrogen and oxygen atoms in total. The first-order valence-corrected chi connectivity index (χ1v) is 6.48. The molecule has 0 bridgehead atoms. The largest absolute Gasteiger partial charge is 0.493 e. The van der Waals surface area contributed by atoms with Gasteiger partial charge in [-0.2, -0.15) is 5.10 Å². The van der Waals surface area contributed by atoms with Crippen LogP contribution in [0.25, 0.3) is 11.3 Å². The summed E-state index contributed by atoms with van der Waals surface area (Å²) in [7, 11) is 3.14. The Balaban J connectivity index is 2.55. The average molecular weight is 289 g/mol. The Kier molecular flexibility index (Phi) is 3.99. The van der Waals surface area contributed by atoms with Crippen molar-refractivity contribution in [1.82, 2.24) is 10.2 Å². The monoisotopic (exact) mass is 289 g/mol. The molecule has 0 unspecified atom stereocenters. The van der Waals surface area contributed by atoms with Gasteiger partial charge in [-0.3, -0.25) is 4.79 Å². The van der Waals surface area contributed by atoms with Crippen molar-refractivity contribution in [3.05, 3.63) is 40.2 Å². The van der Waals surface area contributed by atoms with Crippen molar-refractivity contribution in [1.29, 1.82) is 0 Å². The van der Waals surface area contributed by atoms with E-state index in [1.54, 1.807) is 46.3 Å². The van der Waals surface area contributed by atoms with Crippen LogP contribution in [0.1, 0.15) is 19.4 Å². The minimum atomic E-state index is -0.748. The standard InChI is InChI=1S/C15H19N3O3/c1-15(2,16)10-8-11(17-18-14(10)19)9-5-6-12(20-3)13(7-9)21-4/h5-8H,16H2,1-4H3,(H,18,19). The van der Waals surface area contributed by atoms with E-state index in [2.05, 4.69) is 10.2 Å². The maximum Gasteiger partial charge on any atom is 0.269 e. The van der Waals surface area contributed by atoms with E-state index >= 15 is 0 Å². The van der Waals surface area contributed by atoms with Crippen LogP contribution in [-0.4, -0.2) is 24.4 Å². The summed E-state index contributed by atoms with van der Waals surface area (Å²) in [4.78, 5) is 11.8. The summed E-state index contributed by atoms with van der Waals surface area (Å²) in [5, 5.41) is 6.55. The van der Waals surface area contributed by atoms with Crippen molar-refractivity contribution in [2.24, 2.45) is 5.73 Å². The summed E-state index contributed by atoms with van der Waals surface area (Å²) in [6, 6.07) is 7.12. The number of hydrogen-bond acceptors (Lipinski definition) is 5. The predicted octanol–water partition coefficient (Wildman–Crippen LogP) is 1.65. The summed E-state index contributed by atoms with van der Waals surface area (Å²) in [6.45, 7) is 3.55. The van der Waals surface area contributed by atoms with E-state index in [9.17, 15) is 4.79 Å². The number of nitrogens with two attached hydrogens (primary N) is 1. The van der Waals surface area contributed by atoms with Gasteiger partial charge < -0.3 is 15.2 Å². The Morgan fingerprint density at radius 2 is 1.81 bits per heavy atom. The molecule has 1 aromatic heterocycles. The second-order valence-corrected chi connectivity index (χ2v) is 5.29. The van der Waals surface area contributed by atoms with Crippen LogP contribution in [0.4, 0.5) is 0 Å². The van der Waals surface area contributed by atoms with E-state index in [4.69, 9.17) is 15.2 Å². The number of ether oxygens (including phenoxy) is 2.